The number of carbonyl (C=O) groups excluding carboxylic acids is 5. The maximum atomic E-state index is 12.6. The van der Waals surface area contributed by atoms with Gasteiger partial charge in [0.1, 0.15) is 12.1 Å². The Morgan fingerprint density at radius 1 is 1.14 bits per heavy atom. The zero-order valence-corrected chi connectivity index (χ0v) is 17.3. The number of nitrogens with zero attached hydrogens (tertiary/aromatic N) is 1. The fourth-order valence-corrected chi connectivity index (χ4v) is 2.57. The summed E-state index contributed by atoms with van der Waals surface area (Å²) in [6, 6.07) is -1.56. The first kappa shape index (κ1) is 23.4. The molecule has 0 unspecified atom stereocenters. The standard InChI is InChI=1S/C18H30N4O6/c1-10(2)7-8-18(6)15(25)22(17(27)21-18)9-13(23)28-12(5)14(24)20-16(26)19-11(3)4/h10-12H,7-9H2,1-6H3,(H,21,27)(H2,19,20,24,26)/t12-,18-/m1/s1. The van der Waals surface area contributed by atoms with Gasteiger partial charge in [0.15, 0.2) is 6.10 Å². The predicted molar refractivity (Wildman–Crippen MR) is 100 cm³/mol. The van der Waals surface area contributed by atoms with Crippen molar-refractivity contribution >= 4 is 29.8 Å². The molecule has 0 aromatic carbocycles. The molecule has 0 saturated carbocycles. The summed E-state index contributed by atoms with van der Waals surface area (Å²) in [4.78, 5) is 60.9. The minimum absolute atomic E-state index is 0.171. The van der Waals surface area contributed by atoms with E-state index < -0.39 is 48.0 Å². The molecule has 1 aliphatic rings. The van der Waals surface area contributed by atoms with Crippen molar-refractivity contribution in [3.63, 3.8) is 0 Å². The van der Waals surface area contributed by atoms with Gasteiger partial charge in [0, 0.05) is 6.04 Å². The molecule has 158 valence electrons. The maximum absolute atomic E-state index is 12.6. The first-order chi connectivity index (χ1) is 12.9. The van der Waals surface area contributed by atoms with Gasteiger partial charge in [-0.05, 0) is 46.5 Å². The van der Waals surface area contributed by atoms with Crippen LogP contribution in [0.15, 0.2) is 0 Å². The number of nitrogens with one attached hydrogen (secondary N) is 3. The van der Waals surface area contributed by atoms with Gasteiger partial charge in [0.2, 0.25) is 0 Å². The van der Waals surface area contributed by atoms with Crippen molar-refractivity contribution in [3.8, 4) is 0 Å². The van der Waals surface area contributed by atoms with E-state index in [-0.39, 0.29) is 6.04 Å². The Bertz CT molecular complexity index is 648. The van der Waals surface area contributed by atoms with Crippen LogP contribution in [-0.4, -0.2) is 59.0 Å². The molecule has 3 N–H and O–H groups in total. The second kappa shape index (κ2) is 9.52. The zero-order valence-electron chi connectivity index (χ0n) is 17.3. The molecule has 1 aliphatic heterocycles. The highest BCUT2D eigenvalue weighted by atomic mass is 16.5. The molecule has 1 saturated heterocycles. The van der Waals surface area contributed by atoms with E-state index in [0.29, 0.717) is 12.3 Å². The number of hydrogen-bond acceptors (Lipinski definition) is 6. The van der Waals surface area contributed by atoms with Crippen LogP contribution in [0.5, 0.6) is 0 Å². The SMILES string of the molecule is CC(C)CC[C@@]1(C)NC(=O)N(CC(=O)O[C@H](C)C(=O)NC(=O)NC(C)C)C1=O. The number of hydrogen-bond donors (Lipinski definition) is 3. The van der Waals surface area contributed by atoms with E-state index in [1.807, 2.05) is 19.2 Å². The number of ether oxygens (including phenoxy) is 1. The van der Waals surface area contributed by atoms with Gasteiger partial charge >= 0.3 is 18.0 Å². The highest BCUT2D eigenvalue weighted by Gasteiger charge is 2.48. The van der Waals surface area contributed by atoms with Gasteiger partial charge in [-0.2, -0.15) is 0 Å². The molecule has 1 heterocycles. The molecule has 0 aromatic rings. The second-order valence-electron chi connectivity index (χ2n) is 7.84. The van der Waals surface area contributed by atoms with Crippen molar-refractivity contribution in [3.05, 3.63) is 0 Å². The largest absolute Gasteiger partial charge is 0.451 e. The van der Waals surface area contributed by atoms with Crippen molar-refractivity contribution in [1.29, 1.82) is 0 Å². The van der Waals surface area contributed by atoms with Crippen LogP contribution >= 0.6 is 0 Å². The molecule has 1 rings (SSSR count). The molecule has 0 bridgehead atoms. The summed E-state index contributed by atoms with van der Waals surface area (Å²) >= 11 is 0. The first-order valence-corrected chi connectivity index (χ1v) is 9.30. The van der Waals surface area contributed by atoms with E-state index in [2.05, 4.69) is 10.6 Å². The minimum Gasteiger partial charge on any atom is -0.451 e. The normalized spacial score (nSPS) is 20.2. The number of rotatable bonds is 8. The van der Waals surface area contributed by atoms with E-state index in [1.54, 1.807) is 20.8 Å². The van der Waals surface area contributed by atoms with Crippen LogP contribution in [0.4, 0.5) is 9.59 Å². The third-order valence-corrected chi connectivity index (χ3v) is 4.19. The Labute approximate surface area is 164 Å². The van der Waals surface area contributed by atoms with Gasteiger partial charge in [-0.1, -0.05) is 13.8 Å². The molecule has 1 fully saturated rings. The lowest BCUT2D eigenvalue weighted by molar-refractivity contribution is -0.156. The van der Waals surface area contributed by atoms with E-state index in [0.717, 1.165) is 11.3 Å². The number of imide groups is 2. The summed E-state index contributed by atoms with van der Waals surface area (Å²) in [7, 11) is 0. The Balaban J connectivity index is 2.60. The lowest BCUT2D eigenvalue weighted by Crippen LogP contribution is -2.47. The molecule has 0 aliphatic carbocycles. The number of carbonyl (C=O) groups is 5. The molecule has 0 aromatic heterocycles. The van der Waals surface area contributed by atoms with E-state index >= 15 is 0 Å². The smallest absolute Gasteiger partial charge is 0.327 e. The molecule has 10 nitrogen and oxygen atoms in total. The van der Waals surface area contributed by atoms with Gasteiger partial charge in [0.25, 0.3) is 11.8 Å². The van der Waals surface area contributed by atoms with Crippen LogP contribution in [0, 0.1) is 5.92 Å². The summed E-state index contributed by atoms with van der Waals surface area (Å²) < 4.78 is 4.94. The Morgan fingerprint density at radius 3 is 2.29 bits per heavy atom. The van der Waals surface area contributed by atoms with Crippen LogP contribution in [0.25, 0.3) is 0 Å². The summed E-state index contributed by atoms with van der Waals surface area (Å²) in [6.45, 7) is 9.75. The van der Waals surface area contributed by atoms with Gasteiger partial charge in [-0.25, -0.2) is 9.59 Å². The zero-order chi connectivity index (χ0) is 21.6. The van der Waals surface area contributed by atoms with Crippen molar-refractivity contribution in [1.82, 2.24) is 20.9 Å². The van der Waals surface area contributed by atoms with Gasteiger partial charge in [0.05, 0.1) is 0 Å². The topological polar surface area (TPSA) is 134 Å². The average molecular weight is 398 g/mol. The van der Waals surface area contributed by atoms with E-state index in [1.165, 1.54) is 6.92 Å². The molecule has 10 heteroatoms. The van der Waals surface area contributed by atoms with Gasteiger partial charge < -0.3 is 15.4 Å². The quantitative estimate of drug-likeness (QED) is 0.411. The predicted octanol–water partition coefficient (Wildman–Crippen LogP) is 0.899. The van der Waals surface area contributed by atoms with Crippen LogP contribution in [0.1, 0.15) is 54.4 Å². The molecular weight excluding hydrogens is 368 g/mol. The van der Waals surface area contributed by atoms with E-state index in [4.69, 9.17) is 4.74 Å². The number of esters is 1. The van der Waals surface area contributed by atoms with Crippen molar-refractivity contribution in [2.24, 2.45) is 5.92 Å². The number of amides is 6. The second-order valence-corrected chi connectivity index (χ2v) is 7.84. The lowest BCUT2D eigenvalue weighted by atomic mass is 9.92. The van der Waals surface area contributed by atoms with Crippen LogP contribution in [-0.2, 0) is 19.1 Å². The third-order valence-electron chi connectivity index (χ3n) is 4.19. The monoisotopic (exact) mass is 398 g/mol. The Morgan fingerprint density at radius 2 is 1.75 bits per heavy atom. The third kappa shape index (κ3) is 6.50. The Hall–Kier alpha value is -2.65. The summed E-state index contributed by atoms with van der Waals surface area (Å²) in [6.07, 6.45) is -0.0837. The summed E-state index contributed by atoms with van der Waals surface area (Å²) in [5.74, 6) is -1.90. The lowest BCUT2D eigenvalue weighted by Gasteiger charge is -2.22. The molecule has 2 atom stereocenters. The Kier molecular flexibility index (Phi) is 7.95. The van der Waals surface area contributed by atoms with Crippen molar-refractivity contribution in [2.75, 3.05) is 6.54 Å². The first-order valence-electron chi connectivity index (χ1n) is 9.30. The van der Waals surface area contributed by atoms with Gasteiger partial charge in [-0.3, -0.25) is 24.6 Å². The molecule has 28 heavy (non-hydrogen) atoms. The molecule has 0 spiro atoms. The fraction of sp³-hybridized carbons (Fsp3) is 0.722. The van der Waals surface area contributed by atoms with Crippen LogP contribution < -0.4 is 16.0 Å². The highest BCUT2D eigenvalue weighted by Crippen LogP contribution is 2.24. The molecule has 6 amide bonds. The highest BCUT2D eigenvalue weighted by molar-refractivity contribution is 6.08. The average Bonchev–Trinajstić information content (AvgIpc) is 2.75. The van der Waals surface area contributed by atoms with E-state index in [9.17, 15) is 24.0 Å². The fourth-order valence-electron chi connectivity index (χ4n) is 2.57. The minimum atomic E-state index is -1.27. The maximum Gasteiger partial charge on any atom is 0.327 e. The van der Waals surface area contributed by atoms with Crippen molar-refractivity contribution in [2.45, 2.75) is 72.1 Å². The van der Waals surface area contributed by atoms with Crippen LogP contribution in [0.3, 0.4) is 0 Å². The number of urea groups is 2. The summed E-state index contributed by atoms with van der Waals surface area (Å²) in [5.41, 5.74) is -1.07. The summed E-state index contributed by atoms with van der Waals surface area (Å²) in [5, 5.41) is 7.11. The molecule has 0 radical (unpaired) electrons. The molecular formula is C18H30N4O6. The van der Waals surface area contributed by atoms with Crippen molar-refractivity contribution < 1.29 is 28.7 Å². The van der Waals surface area contributed by atoms with Crippen LogP contribution in [0.2, 0.25) is 0 Å². The van der Waals surface area contributed by atoms with Gasteiger partial charge in [-0.15, -0.1) is 0 Å².